The van der Waals surface area contributed by atoms with Gasteiger partial charge in [0.1, 0.15) is 5.67 Å². The predicted octanol–water partition coefficient (Wildman–Crippen LogP) is 4.67. The summed E-state index contributed by atoms with van der Waals surface area (Å²) in [5.41, 5.74) is -0.584. The largest absolute Gasteiger partial charge is 0.393 e. The van der Waals surface area contributed by atoms with E-state index in [0.717, 1.165) is 24.5 Å². The average molecular weight is 503 g/mol. The van der Waals surface area contributed by atoms with Crippen molar-refractivity contribution in [2.75, 3.05) is 25.5 Å². The molecule has 10 heteroatoms. The molecule has 0 saturated carbocycles. The van der Waals surface area contributed by atoms with E-state index in [-0.39, 0.29) is 35.4 Å². The van der Waals surface area contributed by atoms with Gasteiger partial charge in [-0.05, 0) is 49.6 Å². The number of hydrogen-bond donors (Lipinski definition) is 2. The van der Waals surface area contributed by atoms with Gasteiger partial charge in [0, 0.05) is 24.7 Å². The summed E-state index contributed by atoms with van der Waals surface area (Å²) in [5, 5.41) is 12.1. The van der Waals surface area contributed by atoms with Gasteiger partial charge in [-0.25, -0.2) is 18.2 Å². The van der Waals surface area contributed by atoms with Crippen molar-refractivity contribution in [3.8, 4) is 0 Å². The highest BCUT2D eigenvalue weighted by atomic mass is 19.3. The van der Waals surface area contributed by atoms with Crippen molar-refractivity contribution >= 4 is 28.8 Å². The lowest BCUT2D eigenvalue weighted by Crippen LogP contribution is -2.30. The van der Waals surface area contributed by atoms with Gasteiger partial charge in [-0.3, -0.25) is 14.9 Å². The summed E-state index contributed by atoms with van der Waals surface area (Å²) in [6.07, 6.45) is -0.201. The van der Waals surface area contributed by atoms with Crippen molar-refractivity contribution < 1.29 is 27.9 Å². The lowest BCUT2D eigenvalue weighted by molar-refractivity contribution is -0.131. The van der Waals surface area contributed by atoms with Crippen LogP contribution in [-0.2, 0) is 11.3 Å². The number of likely N-dealkylation sites (N-methyl/N-ethyl adjacent to an activating group) is 1. The number of aliphatic hydroxyl groups is 1. The second kappa shape index (κ2) is 10.3. The molecule has 1 aromatic heterocycles. The predicted molar refractivity (Wildman–Crippen MR) is 130 cm³/mol. The van der Waals surface area contributed by atoms with Crippen molar-refractivity contribution in [1.29, 1.82) is 0 Å². The Labute approximate surface area is 206 Å². The third-order valence-electron chi connectivity index (χ3n) is 6.53. The molecule has 0 aliphatic carbocycles. The van der Waals surface area contributed by atoms with Crippen LogP contribution in [0.3, 0.4) is 0 Å². The molecule has 1 saturated heterocycles. The average Bonchev–Trinajstić information content (AvgIpc) is 3.08. The fourth-order valence-electron chi connectivity index (χ4n) is 4.49. The number of likely N-dealkylation sites (tertiary alicyclic amines) is 1. The van der Waals surface area contributed by atoms with Crippen LogP contribution in [0.25, 0.3) is 11.0 Å². The zero-order valence-electron chi connectivity index (χ0n) is 20.2. The van der Waals surface area contributed by atoms with Gasteiger partial charge in [0.25, 0.3) is 12.3 Å². The van der Waals surface area contributed by atoms with E-state index >= 15 is 0 Å². The number of amides is 2. The van der Waals surface area contributed by atoms with Gasteiger partial charge >= 0.3 is 0 Å². The van der Waals surface area contributed by atoms with Crippen molar-refractivity contribution in [2.24, 2.45) is 0 Å². The maximum absolute atomic E-state index is 14.9. The Kier molecular flexibility index (Phi) is 7.35. The molecule has 2 heterocycles. The molecule has 36 heavy (non-hydrogen) atoms. The highest BCUT2D eigenvalue weighted by molar-refractivity contribution is 6.04. The molecule has 0 spiro atoms. The van der Waals surface area contributed by atoms with Crippen LogP contribution in [0.2, 0.25) is 0 Å². The molecule has 2 atom stereocenters. The summed E-state index contributed by atoms with van der Waals surface area (Å²) < 4.78 is 42.5. The quantitative estimate of drug-likeness (QED) is 0.492. The van der Waals surface area contributed by atoms with Crippen molar-refractivity contribution in [3.63, 3.8) is 0 Å². The molecule has 0 bridgehead atoms. The Morgan fingerprint density at radius 3 is 2.75 bits per heavy atom. The van der Waals surface area contributed by atoms with Crippen molar-refractivity contribution in [2.45, 2.75) is 50.7 Å². The van der Waals surface area contributed by atoms with Gasteiger partial charge in [0.15, 0.2) is 0 Å². The van der Waals surface area contributed by atoms with Crippen LogP contribution in [0.5, 0.6) is 0 Å². The number of alkyl halides is 3. The lowest BCUT2D eigenvalue weighted by Gasteiger charge is -2.21. The highest BCUT2D eigenvalue weighted by Gasteiger charge is 2.29. The van der Waals surface area contributed by atoms with Gasteiger partial charge in [0.05, 0.1) is 30.1 Å². The first kappa shape index (κ1) is 25.7. The van der Waals surface area contributed by atoms with Crippen molar-refractivity contribution in [1.82, 2.24) is 14.5 Å². The summed E-state index contributed by atoms with van der Waals surface area (Å²) in [6.45, 7) is 0.866. The minimum absolute atomic E-state index is 0.00403. The number of hydrogen-bond acceptors (Lipinski definition) is 4. The monoisotopic (exact) mass is 502 g/mol. The second-order valence-corrected chi connectivity index (χ2v) is 9.53. The number of nitrogens with one attached hydrogen (secondary N) is 1. The number of benzene rings is 2. The number of aliphatic hydroxyl groups excluding tert-OH is 1. The summed E-state index contributed by atoms with van der Waals surface area (Å²) in [6, 6.07) is 10.3. The Balaban J connectivity index is 1.73. The molecule has 1 fully saturated rings. The number of carbonyl (C=O) groups is 2. The zero-order chi connectivity index (χ0) is 26.0. The summed E-state index contributed by atoms with van der Waals surface area (Å²) in [7, 11) is 1.78. The molecule has 192 valence electrons. The maximum Gasteiger partial charge on any atom is 0.263 e. The highest BCUT2D eigenvalue weighted by Crippen LogP contribution is 2.31. The Morgan fingerprint density at radius 2 is 2.03 bits per heavy atom. The number of carbonyl (C=O) groups excluding carboxylic acids is 2. The Bertz CT molecular complexity index is 1270. The van der Waals surface area contributed by atoms with E-state index in [1.165, 1.54) is 29.7 Å². The molecule has 1 aliphatic rings. The topological polar surface area (TPSA) is 87.5 Å². The van der Waals surface area contributed by atoms with Crippen LogP contribution < -0.4 is 5.32 Å². The minimum Gasteiger partial charge on any atom is -0.393 e. The SMILES string of the molecule is CN1CCCC[C@H](c2ccc3c(c2)nc(NC(=O)c2cccc(C(F)F)c2)n3CC(C)(F)CO)C1=O. The third kappa shape index (κ3) is 5.38. The van der Waals surface area contributed by atoms with Gasteiger partial charge in [-0.15, -0.1) is 0 Å². The number of halogens is 3. The van der Waals surface area contributed by atoms with Crippen LogP contribution >= 0.6 is 0 Å². The van der Waals surface area contributed by atoms with Gasteiger partial charge in [-0.2, -0.15) is 0 Å². The van der Waals surface area contributed by atoms with E-state index in [2.05, 4.69) is 10.3 Å². The Morgan fingerprint density at radius 1 is 1.25 bits per heavy atom. The van der Waals surface area contributed by atoms with E-state index in [1.54, 1.807) is 30.1 Å². The van der Waals surface area contributed by atoms with Gasteiger partial charge < -0.3 is 14.6 Å². The van der Waals surface area contributed by atoms with E-state index in [4.69, 9.17) is 0 Å². The molecular formula is C26H29F3N4O3. The molecule has 2 amide bonds. The first-order valence-electron chi connectivity index (χ1n) is 11.8. The normalized spacial score (nSPS) is 18.4. The molecule has 7 nitrogen and oxygen atoms in total. The first-order chi connectivity index (χ1) is 17.1. The molecule has 2 N–H and O–H groups in total. The van der Waals surface area contributed by atoms with Gasteiger partial charge in [0.2, 0.25) is 11.9 Å². The number of anilines is 1. The van der Waals surface area contributed by atoms with E-state index in [9.17, 15) is 27.9 Å². The third-order valence-corrected chi connectivity index (χ3v) is 6.53. The molecule has 0 radical (unpaired) electrons. The van der Waals surface area contributed by atoms with Crippen molar-refractivity contribution in [3.05, 3.63) is 59.2 Å². The molecule has 2 aromatic carbocycles. The summed E-state index contributed by atoms with van der Waals surface area (Å²) >= 11 is 0. The van der Waals surface area contributed by atoms with Gasteiger partial charge in [-0.1, -0.05) is 24.6 Å². The number of imidazole rings is 1. The molecular weight excluding hydrogens is 473 g/mol. The number of nitrogens with zero attached hydrogens (tertiary/aromatic N) is 3. The van der Waals surface area contributed by atoms with Crippen LogP contribution in [0.1, 0.15) is 60.0 Å². The molecule has 1 aliphatic heterocycles. The Hall–Kier alpha value is -3.40. The fraction of sp³-hybridized carbons (Fsp3) is 0.423. The fourth-order valence-corrected chi connectivity index (χ4v) is 4.49. The maximum atomic E-state index is 14.9. The summed E-state index contributed by atoms with van der Waals surface area (Å²) in [5.74, 6) is -0.975. The summed E-state index contributed by atoms with van der Waals surface area (Å²) in [4.78, 5) is 32.0. The standard InChI is InChI=1S/C26H29F3N4O3/c1-26(29,15-34)14-33-21-10-9-16(19-8-3-4-11-32(2)24(19)36)13-20(21)30-25(33)31-23(35)18-7-5-6-17(12-18)22(27)28/h5-7,9-10,12-13,19,22,34H,3-4,8,11,14-15H2,1-2H3,(H,30,31,35)/t19-,26?/m1/s1. The van der Waals surface area contributed by atoms with Crippen LogP contribution in [0, 0.1) is 0 Å². The van der Waals surface area contributed by atoms with Crippen LogP contribution in [0.15, 0.2) is 42.5 Å². The number of aromatic nitrogens is 2. The zero-order valence-corrected chi connectivity index (χ0v) is 20.2. The lowest BCUT2D eigenvalue weighted by atomic mass is 9.93. The smallest absolute Gasteiger partial charge is 0.263 e. The molecule has 4 rings (SSSR count). The molecule has 1 unspecified atom stereocenters. The van der Waals surface area contributed by atoms with E-state index in [0.29, 0.717) is 24.0 Å². The molecule has 3 aromatic rings. The van der Waals surface area contributed by atoms with Crippen LogP contribution in [0.4, 0.5) is 19.1 Å². The second-order valence-electron chi connectivity index (χ2n) is 9.53. The number of fused-ring (bicyclic) bond motifs is 1. The van der Waals surface area contributed by atoms with E-state index < -0.39 is 24.6 Å². The van der Waals surface area contributed by atoms with E-state index in [1.807, 2.05) is 0 Å². The minimum atomic E-state index is -2.73. The number of rotatable bonds is 7. The first-order valence-corrected chi connectivity index (χ1v) is 11.8. The van der Waals surface area contributed by atoms with Crippen LogP contribution in [-0.4, -0.2) is 57.2 Å².